The van der Waals surface area contributed by atoms with Crippen molar-refractivity contribution in [2.45, 2.75) is 6.04 Å². The second-order valence-electron chi connectivity index (χ2n) is 7.13. The van der Waals surface area contributed by atoms with Crippen LogP contribution in [0, 0.1) is 5.82 Å². The fourth-order valence-corrected chi connectivity index (χ4v) is 3.79. The predicted octanol–water partition coefficient (Wildman–Crippen LogP) is 4.47. The highest BCUT2D eigenvalue weighted by Crippen LogP contribution is 2.42. The smallest absolute Gasteiger partial charge is 0.300 e. The van der Waals surface area contributed by atoms with Crippen LogP contribution in [-0.2, 0) is 9.59 Å². The van der Waals surface area contributed by atoms with Crippen molar-refractivity contribution < 1.29 is 28.6 Å². The number of carbonyl (C=O) groups is 2. The second kappa shape index (κ2) is 8.55. The number of anilines is 1. The molecule has 1 N–H and O–H groups in total. The maximum atomic E-state index is 13.5. The number of rotatable bonds is 5. The number of aliphatic hydroxyl groups excluding tert-OH is 1. The molecule has 4 rings (SSSR count). The monoisotopic (exact) mass is 433 g/mol. The van der Waals surface area contributed by atoms with Crippen LogP contribution in [0.25, 0.3) is 5.76 Å². The molecule has 0 spiro atoms. The molecule has 7 heteroatoms. The molecule has 3 aromatic carbocycles. The van der Waals surface area contributed by atoms with Crippen LogP contribution in [0.1, 0.15) is 17.2 Å². The molecule has 1 heterocycles. The van der Waals surface area contributed by atoms with Crippen molar-refractivity contribution in [3.05, 3.63) is 95.3 Å². The van der Waals surface area contributed by atoms with E-state index in [4.69, 9.17) is 9.47 Å². The molecule has 0 aliphatic carbocycles. The highest BCUT2D eigenvalue weighted by atomic mass is 19.1. The van der Waals surface area contributed by atoms with Crippen molar-refractivity contribution >= 4 is 23.1 Å². The lowest BCUT2D eigenvalue weighted by Crippen LogP contribution is -2.29. The minimum atomic E-state index is -0.894. The fourth-order valence-electron chi connectivity index (χ4n) is 3.79. The van der Waals surface area contributed by atoms with Gasteiger partial charge in [-0.3, -0.25) is 14.5 Å². The summed E-state index contributed by atoms with van der Waals surface area (Å²) < 4.78 is 24.0. The van der Waals surface area contributed by atoms with Crippen LogP contribution in [0.3, 0.4) is 0 Å². The fraction of sp³-hybridized carbons (Fsp3) is 0.120. The topological polar surface area (TPSA) is 76.1 Å². The molecule has 1 aliphatic rings. The van der Waals surface area contributed by atoms with Crippen LogP contribution in [-0.4, -0.2) is 31.0 Å². The summed E-state index contributed by atoms with van der Waals surface area (Å²) in [5.74, 6) is -1.64. The lowest BCUT2D eigenvalue weighted by Gasteiger charge is -2.25. The van der Waals surface area contributed by atoms with Gasteiger partial charge in [0.2, 0.25) is 0 Å². The number of ether oxygens (including phenoxy) is 2. The number of aliphatic hydroxyl groups is 1. The summed E-state index contributed by atoms with van der Waals surface area (Å²) >= 11 is 0. The third kappa shape index (κ3) is 3.58. The molecule has 162 valence electrons. The van der Waals surface area contributed by atoms with E-state index >= 15 is 0 Å². The third-order valence-electron chi connectivity index (χ3n) is 5.32. The molecule has 1 fully saturated rings. The Morgan fingerprint density at radius 3 is 2.19 bits per heavy atom. The van der Waals surface area contributed by atoms with Gasteiger partial charge in [0.1, 0.15) is 11.6 Å². The van der Waals surface area contributed by atoms with Crippen molar-refractivity contribution in [3.8, 4) is 11.5 Å². The van der Waals surface area contributed by atoms with Crippen LogP contribution < -0.4 is 14.4 Å². The van der Waals surface area contributed by atoms with E-state index in [-0.39, 0.29) is 11.3 Å². The summed E-state index contributed by atoms with van der Waals surface area (Å²) in [7, 11) is 2.94. The van der Waals surface area contributed by atoms with Crippen LogP contribution in [0.5, 0.6) is 11.5 Å². The first kappa shape index (κ1) is 21.1. The van der Waals surface area contributed by atoms with Crippen LogP contribution in [0.15, 0.2) is 78.4 Å². The van der Waals surface area contributed by atoms with Gasteiger partial charge in [-0.05, 0) is 48.0 Å². The Labute approximate surface area is 184 Å². The lowest BCUT2D eigenvalue weighted by atomic mass is 9.95. The standard InChI is InChI=1S/C25H20FNO5/c1-31-19-13-8-16(14-20(19)32-2)23(28)21-22(15-6-4-3-5-7-15)27(25(30)24(21)29)18-11-9-17(26)10-12-18/h3-14,22,28H,1-2H3/b23-21-. The summed E-state index contributed by atoms with van der Waals surface area (Å²) in [6.07, 6.45) is 0. The van der Waals surface area contributed by atoms with Gasteiger partial charge in [0.15, 0.2) is 11.5 Å². The number of methoxy groups -OCH3 is 2. The van der Waals surface area contributed by atoms with Gasteiger partial charge in [0, 0.05) is 11.3 Å². The highest BCUT2D eigenvalue weighted by molar-refractivity contribution is 6.51. The normalized spacial score (nSPS) is 17.5. The van der Waals surface area contributed by atoms with Crippen LogP contribution in [0.4, 0.5) is 10.1 Å². The summed E-state index contributed by atoms with van der Waals surface area (Å²) in [6.45, 7) is 0. The quantitative estimate of drug-likeness (QED) is 0.365. The number of amides is 1. The largest absolute Gasteiger partial charge is 0.507 e. The van der Waals surface area contributed by atoms with Crippen molar-refractivity contribution in [1.29, 1.82) is 0 Å². The van der Waals surface area contributed by atoms with Crippen LogP contribution in [0.2, 0.25) is 0 Å². The number of carbonyl (C=O) groups excluding carboxylic acids is 2. The molecule has 1 atom stereocenters. The van der Waals surface area contributed by atoms with Gasteiger partial charge in [-0.1, -0.05) is 30.3 Å². The predicted molar refractivity (Wildman–Crippen MR) is 117 cm³/mol. The Morgan fingerprint density at radius 2 is 1.56 bits per heavy atom. The zero-order valence-corrected chi connectivity index (χ0v) is 17.4. The molecule has 0 radical (unpaired) electrons. The summed E-state index contributed by atoms with van der Waals surface area (Å²) in [4.78, 5) is 27.4. The number of Topliss-reactive ketones (excluding diaryl/α,β-unsaturated/α-hetero) is 1. The Kier molecular flexibility index (Phi) is 5.64. The second-order valence-corrected chi connectivity index (χ2v) is 7.13. The van der Waals surface area contributed by atoms with Gasteiger partial charge < -0.3 is 14.6 Å². The van der Waals surface area contributed by atoms with E-state index in [1.807, 2.05) is 6.07 Å². The number of nitrogens with zero attached hydrogens (tertiary/aromatic N) is 1. The molecule has 3 aromatic rings. The number of benzene rings is 3. The molecule has 0 aromatic heterocycles. The zero-order valence-electron chi connectivity index (χ0n) is 17.4. The number of hydrogen-bond donors (Lipinski definition) is 1. The van der Waals surface area contributed by atoms with E-state index in [1.165, 1.54) is 49.5 Å². The van der Waals surface area contributed by atoms with E-state index < -0.39 is 23.5 Å². The molecular formula is C25H20FNO5. The maximum absolute atomic E-state index is 13.5. The Morgan fingerprint density at radius 1 is 0.906 bits per heavy atom. The molecule has 1 saturated heterocycles. The number of halogens is 1. The average Bonchev–Trinajstić information content (AvgIpc) is 3.09. The van der Waals surface area contributed by atoms with E-state index in [9.17, 15) is 19.1 Å². The molecule has 1 aliphatic heterocycles. The molecule has 1 unspecified atom stereocenters. The highest BCUT2D eigenvalue weighted by Gasteiger charge is 2.46. The molecular weight excluding hydrogens is 413 g/mol. The van der Waals surface area contributed by atoms with Crippen molar-refractivity contribution in [3.63, 3.8) is 0 Å². The van der Waals surface area contributed by atoms with Crippen molar-refractivity contribution in [1.82, 2.24) is 0 Å². The maximum Gasteiger partial charge on any atom is 0.300 e. The number of hydrogen-bond acceptors (Lipinski definition) is 5. The molecule has 6 nitrogen and oxygen atoms in total. The first-order chi connectivity index (χ1) is 15.5. The minimum Gasteiger partial charge on any atom is -0.507 e. The van der Waals surface area contributed by atoms with E-state index in [0.29, 0.717) is 28.3 Å². The van der Waals surface area contributed by atoms with E-state index in [2.05, 4.69) is 0 Å². The van der Waals surface area contributed by atoms with E-state index in [0.717, 1.165) is 0 Å². The van der Waals surface area contributed by atoms with Gasteiger partial charge >= 0.3 is 0 Å². The van der Waals surface area contributed by atoms with Gasteiger partial charge in [0.05, 0.1) is 25.8 Å². The first-order valence-corrected chi connectivity index (χ1v) is 9.80. The van der Waals surface area contributed by atoms with E-state index in [1.54, 1.807) is 36.4 Å². The van der Waals surface area contributed by atoms with Gasteiger partial charge in [-0.15, -0.1) is 0 Å². The first-order valence-electron chi connectivity index (χ1n) is 9.80. The Bertz CT molecular complexity index is 1200. The van der Waals surface area contributed by atoms with Gasteiger partial charge in [0.25, 0.3) is 11.7 Å². The lowest BCUT2D eigenvalue weighted by molar-refractivity contribution is -0.132. The Balaban J connectivity index is 1.92. The van der Waals surface area contributed by atoms with Gasteiger partial charge in [-0.25, -0.2) is 4.39 Å². The Hall–Kier alpha value is -4.13. The van der Waals surface area contributed by atoms with Gasteiger partial charge in [-0.2, -0.15) is 0 Å². The molecule has 0 bridgehead atoms. The van der Waals surface area contributed by atoms with Crippen molar-refractivity contribution in [2.24, 2.45) is 0 Å². The summed E-state index contributed by atoms with van der Waals surface area (Å²) in [5, 5.41) is 11.2. The summed E-state index contributed by atoms with van der Waals surface area (Å²) in [5.41, 5.74) is 1.19. The minimum absolute atomic E-state index is 0.0715. The summed E-state index contributed by atoms with van der Waals surface area (Å²) in [6, 6.07) is 18.0. The van der Waals surface area contributed by atoms with Crippen molar-refractivity contribution in [2.75, 3.05) is 19.1 Å². The molecule has 32 heavy (non-hydrogen) atoms. The zero-order chi connectivity index (χ0) is 22.8. The third-order valence-corrected chi connectivity index (χ3v) is 5.32. The SMILES string of the molecule is COc1ccc(/C(O)=C2/C(=O)C(=O)N(c3ccc(F)cc3)C2c2ccccc2)cc1OC. The number of ketones is 1. The molecule has 0 saturated carbocycles. The molecule has 1 amide bonds. The average molecular weight is 433 g/mol. The van der Waals surface area contributed by atoms with Crippen LogP contribution >= 0.6 is 0 Å².